The van der Waals surface area contributed by atoms with Gasteiger partial charge in [-0.25, -0.2) is 0 Å². The normalized spacial score (nSPS) is 10.8. The molecule has 0 aliphatic heterocycles. The minimum atomic E-state index is 1.41. The summed E-state index contributed by atoms with van der Waals surface area (Å²) >= 11 is 3.65. The summed E-state index contributed by atoms with van der Waals surface area (Å²) in [5, 5.41) is 5.80. The van der Waals surface area contributed by atoms with Crippen LogP contribution in [0.3, 0.4) is 0 Å². The predicted molar refractivity (Wildman–Crippen MR) is 44.4 cm³/mol. The van der Waals surface area contributed by atoms with Gasteiger partial charge >= 0.3 is 0 Å². The van der Waals surface area contributed by atoms with Crippen LogP contribution in [0, 0.1) is 6.92 Å². The number of thiophene rings is 2. The molecule has 0 nitrogen and oxygen atoms in total. The van der Waals surface area contributed by atoms with Crippen molar-refractivity contribution in [1.29, 1.82) is 0 Å². The molecule has 2 heteroatoms. The summed E-state index contributed by atoms with van der Waals surface area (Å²) in [6.45, 7) is 2.15. The highest BCUT2D eigenvalue weighted by atomic mass is 32.1. The molecule has 2 rings (SSSR count). The van der Waals surface area contributed by atoms with Gasteiger partial charge in [-0.2, -0.15) is 11.3 Å². The SMILES string of the molecule is Cc1cc2cscc2s1. The molecule has 0 N–H and O–H groups in total. The van der Waals surface area contributed by atoms with Gasteiger partial charge in [0.2, 0.25) is 0 Å². The van der Waals surface area contributed by atoms with Gasteiger partial charge in [0.15, 0.2) is 0 Å². The summed E-state index contributed by atoms with van der Waals surface area (Å²) < 4.78 is 1.43. The minimum absolute atomic E-state index is 1.41. The topological polar surface area (TPSA) is 0 Å². The molecule has 46 valence electrons. The molecule has 2 aromatic heterocycles. The first kappa shape index (κ1) is 5.45. The maximum Gasteiger partial charge on any atom is 0.0452 e. The molecule has 0 saturated carbocycles. The zero-order valence-electron chi connectivity index (χ0n) is 5.05. The molecule has 0 aromatic carbocycles. The van der Waals surface area contributed by atoms with E-state index in [1.54, 1.807) is 11.3 Å². The van der Waals surface area contributed by atoms with Crippen LogP contribution in [0.4, 0.5) is 0 Å². The summed E-state index contributed by atoms with van der Waals surface area (Å²) in [5.41, 5.74) is 0. The lowest BCUT2D eigenvalue weighted by Crippen LogP contribution is -1.46. The van der Waals surface area contributed by atoms with Gasteiger partial charge in [-0.3, -0.25) is 0 Å². The second kappa shape index (κ2) is 1.82. The Kier molecular flexibility index (Phi) is 1.10. The Morgan fingerprint density at radius 2 is 2.22 bits per heavy atom. The van der Waals surface area contributed by atoms with Crippen molar-refractivity contribution >= 4 is 32.8 Å². The zero-order valence-corrected chi connectivity index (χ0v) is 6.68. The highest BCUT2D eigenvalue weighted by molar-refractivity contribution is 7.22. The lowest BCUT2D eigenvalue weighted by Gasteiger charge is -1.69. The van der Waals surface area contributed by atoms with E-state index in [1.165, 1.54) is 15.0 Å². The molecule has 9 heavy (non-hydrogen) atoms. The molecule has 0 bridgehead atoms. The summed E-state index contributed by atoms with van der Waals surface area (Å²) in [6.07, 6.45) is 0. The average molecular weight is 154 g/mol. The number of hydrogen-bond donors (Lipinski definition) is 0. The third kappa shape index (κ3) is 0.787. The molecule has 0 unspecified atom stereocenters. The fourth-order valence-electron chi connectivity index (χ4n) is 0.905. The van der Waals surface area contributed by atoms with Crippen molar-refractivity contribution in [3.63, 3.8) is 0 Å². The molecule has 0 spiro atoms. The molecule has 0 amide bonds. The minimum Gasteiger partial charge on any atom is -0.150 e. The Morgan fingerprint density at radius 1 is 1.33 bits per heavy atom. The third-order valence-corrected chi connectivity index (χ3v) is 3.21. The van der Waals surface area contributed by atoms with Crippen molar-refractivity contribution in [3.05, 3.63) is 21.7 Å². The maximum absolute atomic E-state index is 2.23. The van der Waals surface area contributed by atoms with Crippen LogP contribution in [0.25, 0.3) is 10.1 Å². The van der Waals surface area contributed by atoms with E-state index in [-0.39, 0.29) is 0 Å². The smallest absolute Gasteiger partial charge is 0.0452 e. The van der Waals surface area contributed by atoms with E-state index in [2.05, 4.69) is 23.8 Å². The van der Waals surface area contributed by atoms with Gasteiger partial charge in [-0.15, -0.1) is 11.3 Å². The Morgan fingerprint density at radius 3 is 3.00 bits per heavy atom. The van der Waals surface area contributed by atoms with E-state index in [9.17, 15) is 0 Å². The average Bonchev–Trinajstić information content (AvgIpc) is 2.22. The molecule has 0 radical (unpaired) electrons. The molecule has 2 aromatic rings. The lowest BCUT2D eigenvalue weighted by molar-refractivity contribution is 1.66. The molecule has 0 fully saturated rings. The monoisotopic (exact) mass is 154 g/mol. The summed E-state index contributed by atoms with van der Waals surface area (Å²) in [4.78, 5) is 1.41. The third-order valence-electron chi connectivity index (χ3n) is 1.28. The van der Waals surface area contributed by atoms with Gasteiger partial charge in [0.1, 0.15) is 0 Å². The van der Waals surface area contributed by atoms with E-state index in [0.29, 0.717) is 0 Å². The largest absolute Gasteiger partial charge is 0.150 e. The first-order valence-electron chi connectivity index (χ1n) is 2.78. The van der Waals surface area contributed by atoms with E-state index in [1.807, 2.05) is 11.3 Å². The fourth-order valence-corrected chi connectivity index (χ4v) is 2.78. The van der Waals surface area contributed by atoms with Crippen LogP contribution < -0.4 is 0 Å². The van der Waals surface area contributed by atoms with E-state index < -0.39 is 0 Å². The zero-order chi connectivity index (χ0) is 6.27. The van der Waals surface area contributed by atoms with Crippen LogP contribution in [-0.2, 0) is 0 Å². The van der Waals surface area contributed by atoms with Crippen LogP contribution in [0.2, 0.25) is 0 Å². The van der Waals surface area contributed by atoms with Crippen molar-refractivity contribution in [2.45, 2.75) is 6.92 Å². The van der Waals surface area contributed by atoms with E-state index >= 15 is 0 Å². The van der Waals surface area contributed by atoms with Crippen LogP contribution in [0.1, 0.15) is 4.88 Å². The molecular formula is C7H6S2. The summed E-state index contributed by atoms with van der Waals surface area (Å²) in [7, 11) is 0. The van der Waals surface area contributed by atoms with E-state index in [0.717, 1.165) is 0 Å². The van der Waals surface area contributed by atoms with Crippen LogP contribution >= 0.6 is 22.7 Å². The van der Waals surface area contributed by atoms with Crippen molar-refractivity contribution in [2.75, 3.05) is 0 Å². The standard InChI is InChI=1S/C7H6S2/c1-5-2-6-3-8-4-7(6)9-5/h2-4H,1H3. The van der Waals surface area contributed by atoms with Gasteiger partial charge in [0.05, 0.1) is 0 Å². The van der Waals surface area contributed by atoms with Crippen molar-refractivity contribution in [2.24, 2.45) is 0 Å². The first-order valence-corrected chi connectivity index (χ1v) is 4.54. The molecule has 0 saturated heterocycles. The molecule has 2 heterocycles. The van der Waals surface area contributed by atoms with Gasteiger partial charge in [-0.1, -0.05) is 0 Å². The number of fused-ring (bicyclic) bond motifs is 1. The van der Waals surface area contributed by atoms with Gasteiger partial charge in [0.25, 0.3) is 0 Å². The molecule has 0 atom stereocenters. The second-order valence-electron chi connectivity index (χ2n) is 2.05. The summed E-state index contributed by atoms with van der Waals surface area (Å²) in [6, 6.07) is 2.23. The van der Waals surface area contributed by atoms with Crippen molar-refractivity contribution in [1.82, 2.24) is 0 Å². The highest BCUT2D eigenvalue weighted by Crippen LogP contribution is 2.27. The van der Waals surface area contributed by atoms with Crippen LogP contribution in [0.5, 0.6) is 0 Å². The fraction of sp³-hybridized carbons (Fsp3) is 0.143. The molecular weight excluding hydrogens is 148 g/mol. The Balaban J connectivity index is 2.92. The second-order valence-corrected chi connectivity index (χ2v) is 4.08. The Labute approximate surface area is 61.8 Å². The van der Waals surface area contributed by atoms with Crippen LogP contribution in [0.15, 0.2) is 16.8 Å². The number of hydrogen-bond acceptors (Lipinski definition) is 2. The van der Waals surface area contributed by atoms with Gasteiger partial charge < -0.3 is 0 Å². The first-order chi connectivity index (χ1) is 4.36. The van der Waals surface area contributed by atoms with Gasteiger partial charge in [0, 0.05) is 20.3 Å². The van der Waals surface area contributed by atoms with Gasteiger partial charge in [-0.05, 0) is 18.4 Å². The Bertz CT molecular complexity index is 288. The van der Waals surface area contributed by atoms with Crippen molar-refractivity contribution < 1.29 is 0 Å². The predicted octanol–water partition coefficient (Wildman–Crippen LogP) is 3.27. The molecule has 0 aliphatic rings. The Hall–Kier alpha value is -0.340. The lowest BCUT2D eigenvalue weighted by atomic mass is 10.4. The van der Waals surface area contributed by atoms with Crippen LogP contribution in [-0.4, -0.2) is 0 Å². The van der Waals surface area contributed by atoms with E-state index in [4.69, 9.17) is 0 Å². The summed E-state index contributed by atoms with van der Waals surface area (Å²) in [5.74, 6) is 0. The molecule has 0 aliphatic carbocycles. The maximum atomic E-state index is 2.23. The van der Waals surface area contributed by atoms with Crippen molar-refractivity contribution in [3.8, 4) is 0 Å². The highest BCUT2D eigenvalue weighted by Gasteiger charge is 1.95. The number of aryl methyl sites for hydroxylation is 1. The quantitative estimate of drug-likeness (QED) is 0.546. The number of rotatable bonds is 0.